The van der Waals surface area contributed by atoms with Gasteiger partial charge in [0.25, 0.3) is 0 Å². The van der Waals surface area contributed by atoms with Gasteiger partial charge in [0.2, 0.25) is 0 Å². The van der Waals surface area contributed by atoms with E-state index in [2.05, 4.69) is 19.4 Å². The molecular formula is C35H23F9N2O2. The van der Waals surface area contributed by atoms with Crippen LogP contribution < -0.4 is 9.47 Å². The Morgan fingerprint density at radius 3 is 1.81 bits per heavy atom. The number of nitrogens with zero attached hydrogens (tertiary/aromatic N) is 2. The minimum atomic E-state index is -5.11. The second-order valence-corrected chi connectivity index (χ2v) is 10.4. The molecule has 4 nitrogen and oxygen atoms in total. The van der Waals surface area contributed by atoms with Crippen molar-refractivity contribution >= 4 is 0 Å². The Morgan fingerprint density at radius 2 is 1.23 bits per heavy atom. The summed E-state index contributed by atoms with van der Waals surface area (Å²) in [5.74, 6) is -6.97. The molecule has 48 heavy (non-hydrogen) atoms. The van der Waals surface area contributed by atoms with E-state index in [0.29, 0.717) is 36.2 Å². The van der Waals surface area contributed by atoms with Crippen LogP contribution in [0.4, 0.5) is 39.5 Å². The van der Waals surface area contributed by atoms with Crippen LogP contribution in [0.3, 0.4) is 0 Å². The lowest BCUT2D eigenvalue weighted by Gasteiger charge is -2.20. The van der Waals surface area contributed by atoms with E-state index in [0.717, 1.165) is 36.2 Å². The molecule has 1 aromatic heterocycles. The largest absolute Gasteiger partial charge is 0.573 e. The Bertz CT molecular complexity index is 1920. The normalized spacial score (nSPS) is 12.0. The van der Waals surface area contributed by atoms with Crippen molar-refractivity contribution in [3.63, 3.8) is 0 Å². The molecule has 0 aliphatic carbocycles. The summed E-state index contributed by atoms with van der Waals surface area (Å²) in [6.07, 6.45) is -1.34. The summed E-state index contributed by atoms with van der Waals surface area (Å²) in [4.78, 5) is 8.16. The highest BCUT2D eigenvalue weighted by atomic mass is 19.4. The van der Waals surface area contributed by atoms with E-state index in [4.69, 9.17) is 0 Å². The molecule has 0 N–H and O–H groups in total. The molecule has 0 unspecified atom stereocenters. The Morgan fingerprint density at radius 1 is 0.646 bits per heavy atom. The minimum absolute atomic E-state index is 0.0565. The molecule has 13 heteroatoms. The Labute approximate surface area is 268 Å². The van der Waals surface area contributed by atoms with Gasteiger partial charge in [-0.3, -0.25) is 0 Å². The maximum absolute atomic E-state index is 15.0. The smallest absolute Gasteiger partial charge is 0.429 e. The van der Waals surface area contributed by atoms with Crippen molar-refractivity contribution in [3.05, 3.63) is 132 Å². The summed E-state index contributed by atoms with van der Waals surface area (Å²) in [6, 6.07) is 12.3. The number of hydrogen-bond acceptors (Lipinski definition) is 4. The van der Waals surface area contributed by atoms with Crippen molar-refractivity contribution in [1.29, 1.82) is 0 Å². The van der Waals surface area contributed by atoms with Crippen LogP contribution in [0.1, 0.15) is 24.5 Å². The summed E-state index contributed by atoms with van der Waals surface area (Å²) in [6.45, 7) is 1.88. The van der Waals surface area contributed by atoms with E-state index in [-0.39, 0.29) is 28.1 Å². The molecule has 0 fully saturated rings. The number of aryl methyl sites for hydroxylation is 1. The third-order valence-electron chi connectivity index (χ3n) is 7.00. The molecule has 5 rings (SSSR count). The molecule has 0 spiro atoms. The van der Waals surface area contributed by atoms with Gasteiger partial charge in [-0.05, 0) is 84.5 Å². The zero-order valence-corrected chi connectivity index (χ0v) is 24.8. The van der Waals surface area contributed by atoms with Gasteiger partial charge >= 0.3 is 12.5 Å². The monoisotopic (exact) mass is 674 g/mol. The van der Waals surface area contributed by atoms with Gasteiger partial charge in [-0.2, -0.15) is 8.78 Å². The van der Waals surface area contributed by atoms with E-state index in [9.17, 15) is 30.7 Å². The standard InChI is InChI=1S/C35H23F9N2O2/c1-2-3-4-5-20-18-45-33(46-19-20)24-16-29(38)32(30(39)17-24)34(40,41)47-25-10-6-21(7-11-25)22-8-12-26(27(36)14-22)23-9-13-31(28(37)15-23)48-35(42,43)44/h2-3,6-19H,4-5H2,1H3/b3-2+. The predicted octanol–water partition coefficient (Wildman–Crippen LogP) is 10.6. The molecule has 0 saturated carbocycles. The summed E-state index contributed by atoms with van der Waals surface area (Å²) >= 11 is 0. The van der Waals surface area contributed by atoms with Crippen LogP contribution in [-0.4, -0.2) is 16.3 Å². The van der Waals surface area contributed by atoms with Gasteiger partial charge in [0.1, 0.15) is 28.8 Å². The number of alkyl halides is 5. The number of benzene rings is 4. The van der Waals surface area contributed by atoms with Crippen molar-refractivity contribution in [1.82, 2.24) is 9.97 Å². The first-order valence-electron chi connectivity index (χ1n) is 14.2. The quantitative estimate of drug-likeness (QED) is 0.109. The minimum Gasteiger partial charge on any atom is -0.429 e. The lowest BCUT2D eigenvalue weighted by atomic mass is 9.99. The number of halogens is 9. The van der Waals surface area contributed by atoms with Gasteiger partial charge in [-0.15, -0.1) is 13.2 Å². The number of hydrogen-bond donors (Lipinski definition) is 0. The van der Waals surface area contributed by atoms with Crippen LogP contribution in [0.25, 0.3) is 33.6 Å². The third-order valence-corrected chi connectivity index (χ3v) is 7.00. The number of rotatable bonds is 10. The first kappa shape index (κ1) is 34.0. The molecule has 4 aromatic carbocycles. The average Bonchev–Trinajstić information content (AvgIpc) is 3.01. The number of ether oxygens (including phenoxy) is 2. The van der Waals surface area contributed by atoms with E-state index in [1.807, 2.05) is 19.1 Å². The molecule has 0 radical (unpaired) electrons. The maximum Gasteiger partial charge on any atom is 0.573 e. The van der Waals surface area contributed by atoms with E-state index < -0.39 is 52.8 Å². The van der Waals surface area contributed by atoms with Crippen molar-refractivity contribution in [3.8, 4) is 45.1 Å². The number of aromatic nitrogens is 2. The fraction of sp³-hybridized carbons (Fsp3) is 0.143. The molecule has 0 saturated heterocycles. The summed E-state index contributed by atoms with van der Waals surface area (Å²) in [7, 11) is 0. The molecule has 0 aliphatic rings. The molecule has 0 bridgehead atoms. The molecule has 1 heterocycles. The fourth-order valence-corrected chi connectivity index (χ4v) is 4.75. The lowest BCUT2D eigenvalue weighted by Crippen LogP contribution is -2.25. The molecule has 0 aliphatic heterocycles. The van der Waals surface area contributed by atoms with E-state index in [1.165, 1.54) is 36.7 Å². The van der Waals surface area contributed by atoms with Crippen LogP contribution in [0.2, 0.25) is 0 Å². The summed E-state index contributed by atoms with van der Waals surface area (Å²) in [5, 5.41) is 0. The lowest BCUT2D eigenvalue weighted by molar-refractivity contribution is -0.275. The van der Waals surface area contributed by atoms with Crippen molar-refractivity contribution in [2.75, 3.05) is 0 Å². The maximum atomic E-state index is 15.0. The van der Waals surface area contributed by atoms with E-state index in [1.54, 1.807) is 0 Å². The second kappa shape index (κ2) is 13.8. The summed E-state index contributed by atoms with van der Waals surface area (Å²) in [5.41, 5.74) is -0.597. The number of allylic oxidation sites excluding steroid dienone is 2. The highest BCUT2D eigenvalue weighted by molar-refractivity contribution is 5.72. The highest BCUT2D eigenvalue weighted by Gasteiger charge is 2.41. The van der Waals surface area contributed by atoms with Crippen molar-refractivity contribution < 1.29 is 49.0 Å². The van der Waals surface area contributed by atoms with Crippen LogP contribution in [0.5, 0.6) is 11.5 Å². The van der Waals surface area contributed by atoms with Crippen LogP contribution in [0, 0.1) is 23.3 Å². The van der Waals surface area contributed by atoms with Crippen LogP contribution in [0.15, 0.2) is 97.3 Å². The molecule has 248 valence electrons. The fourth-order valence-electron chi connectivity index (χ4n) is 4.75. The zero-order chi connectivity index (χ0) is 34.6. The SMILES string of the molecule is C/C=C/CCc1cnc(-c2cc(F)c(C(F)(F)Oc3ccc(-c4ccc(-c5ccc(OC(F)(F)F)c(F)c5)c(F)c4)cc3)c(F)c2)nc1. The van der Waals surface area contributed by atoms with Crippen LogP contribution in [-0.2, 0) is 12.5 Å². The average molecular weight is 675 g/mol. The van der Waals surface area contributed by atoms with Gasteiger partial charge < -0.3 is 9.47 Å². The van der Waals surface area contributed by atoms with Gasteiger partial charge in [0.05, 0.1) is 0 Å². The highest BCUT2D eigenvalue weighted by Crippen LogP contribution is 2.38. The molecule has 0 atom stereocenters. The van der Waals surface area contributed by atoms with E-state index >= 15 is 8.78 Å². The Kier molecular flexibility index (Phi) is 9.78. The Balaban J connectivity index is 1.30. The van der Waals surface area contributed by atoms with Crippen LogP contribution >= 0.6 is 0 Å². The second-order valence-electron chi connectivity index (χ2n) is 10.4. The van der Waals surface area contributed by atoms with Gasteiger partial charge in [0, 0.05) is 23.5 Å². The zero-order valence-electron chi connectivity index (χ0n) is 24.8. The topological polar surface area (TPSA) is 44.2 Å². The van der Waals surface area contributed by atoms with Gasteiger partial charge in [-0.25, -0.2) is 27.5 Å². The molecule has 5 aromatic rings. The first-order valence-corrected chi connectivity index (χ1v) is 14.2. The molecular weight excluding hydrogens is 651 g/mol. The molecule has 0 amide bonds. The summed E-state index contributed by atoms with van der Waals surface area (Å²) < 4.78 is 134. The van der Waals surface area contributed by atoms with Crippen molar-refractivity contribution in [2.45, 2.75) is 32.2 Å². The Hall–Kier alpha value is -5.33. The first-order chi connectivity index (χ1) is 22.7. The third kappa shape index (κ3) is 7.96. The van der Waals surface area contributed by atoms with Gasteiger partial charge in [-0.1, -0.05) is 42.5 Å². The van der Waals surface area contributed by atoms with Gasteiger partial charge in [0.15, 0.2) is 17.4 Å². The predicted molar refractivity (Wildman–Crippen MR) is 159 cm³/mol. The van der Waals surface area contributed by atoms with Crippen molar-refractivity contribution in [2.24, 2.45) is 0 Å².